The normalized spacial score (nSPS) is 11.0. The molecule has 0 radical (unpaired) electrons. The van der Waals surface area contributed by atoms with E-state index in [-0.39, 0.29) is 23.6 Å². The Kier molecular flexibility index (Phi) is 5.25. The Morgan fingerprint density at radius 1 is 1.17 bits per heavy atom. The average molecular weight is 406 g/mol. The molecule has 2 aromatic heterocycles. The zero-order valence-corrected chi connectivity index (χ0v) is 16.0. The van der Waals surface area contributed by atoms with Gasteiger partial charge in [0.2, 0.25) is 5.91 Å². The number of fused-ring (bicyclic) bond motifs is 1. The Bertz CT molecular complexity index is 1270. The number of carbonyl (C=O) groups excluding carboxylic acids is 1. The fraction of sp³-hybridized carbons (Fsp3) is 0.143. The molecule has 9 heteroatoms. The van der Waals surface area contributed by atoms with Crippen molar-refractivity contribution in [2.45, 2.75) is 19.4 Å². The minimum Gasteiger partial charge on any atom is -0.397 e. The quantitative estimate of drug-likeness (QED) is 0.479. The maximum Gasteiger partial charge on any atom is 0.264 e. The number of nitrogen functional groups attached to an aromatic ring is 1. The van der Waals surface area contributed by atoms with Crippen LogP contribution in [0.4, 0.5) is 15.8 Å². The number of hydrogen-bond acceptors (Lipinski definition) is 5. The summed E-state index contributed by atoms with van der Waals surface area (Å²) in [5, 5.41) is 7.33. The Balaban J connectivity index is 1.43. The highest BCUT2D eigenvalue weighted by molar-refractivity contribution is 5.93. The van der Waals surface area contributed by atoms with Gasteiger partial charge >= 0.3 is 0 Å². The van der Waals surface area contributed by atoms with Crippen LogP contribution in [0.25, 0.3) is 16.7 Å². The van der Waals surface area contributed by atoms with E-state index in [1.54, 1.807) is 4.68 Å². The predicted molar refractivity (Wildman–Crippen MR) is 112 cm³/mol. The standard InChI is InChI=1S/C21H19FN6O2/c22-14-8-9-18(17(23)11-14)26-19(29)7-4-10-27-13-24-20-16(21(27)30)12-25-28(20)15-5-2-1-3-6-15/h1-3,5-6,8-9,11-13H,4,7,10,23H2,(H,26,29). The number of para-hydroxylation sites is 1. The molecule has 2 aromatic carbocycles. The molecule has 30 heavy (non-hydrogen) atoms. The monoisotopic (exact) mass is 406 g/mol. The van der Waals surface area contributed by atoms with E-state index in [4.69, 9.17) is 5.73 Å². The lowest BCUT2D eigenvalue weighted by Gasteiger charge is -2.09. The van der Waals surface area contributed by atoms with Gasteiger partial charge in [0, 0.05) is 13.0 Å². The fourth-order valence-corrected chi connectivity index (χ4v) is 3.14. The van der Waals surface area contributed by atoms with Crippen molar-refractivity contribution in [2.24, 2.45) is 0 Å². The molecule has 0 saturated heterocycles. The molecule has 0 fully saturated rings. The van der Waals surface area contributed by atoms with E-state index in [0.29, 0.717) is 29.7 Å². The molecule has 8 nitrogen and oxygen atoms in total. The number of aryl methyl sites for hydroxylation is 1. The van der Waals surface area contributed by atoms with Crippen LogP contribution in [-0.2, 0) is 11.3 Å². The second-order valence-electron chi connectivity index (χ2n) is 6.76. The summed E-state index contributed by atoms with van der Waals surface area (Å²) in [6.45, 7) is 0.324. The number of rotatable bonds is 6. The van der Waals surface area contributed by atoms with Crippen molar-refractivity contribution in [3.05, 3.63) is 77.2 Å². The number of nitrogens with one attached hydrogen (secondary N) is 1. The van der Waals surface area contributed by atoms with Crippen LogP contribution in [0.15, 0.2) is 65.8 Å². The second-order valence-corrected chi connectivity index (χ2v) is 6.76. The van der Waals surface area contributed by atoms with Crippen LogP contribution < -0.4 is 16.6 Å². The molecule has 0 saturated carbocycles. The molecule has 0 aliphatic rings. The maximum atomic E-state index is 13.1. The minimum absolute atomic E-state index is 0.157. The van der Waals surface area contributed by atoms with Gasteiger partial charge in [-0.2, -0.15) is 5.10 Å². The third-order valence-electron chi connectivity index (χ3n) is 4.65. The highest BCUT2D eigenvalue weighted by Gasteiger charge is 2.12. The smallest absolute Gasteiger partial charge is 0.264 e. The maximum absolute atomic E-state index is 13.1. The van der Waals surface area contributed by atoms with Gasteiger partial charge in [0.15, 0.2) is 5.65 Å². The predicted octanol–water partition coefficient (Wildman–Crippen LogP) is 2.72. The summed E-state index contributed by atoms with van der Waals surface area (Å²) >= 11 is 0. The van der Waals surface area contributed by atoms with Gasteiger partial charge in [-0.05, 0) is 36.8 Å². The minimum atomic E-state index is -0.469. The van der Waals surface area contributed by atoms with Crippen molar-refractivity contribution in [3.63, 3.8) is 0 Å². The Hall–Kier alpha value is -4.01. The summed E-state index contributed by atoms with van der Waals surface area (Å²) in [6.07, 6.45) is 3.55. The molecule has 4 rings (SSSR count). The molecule has 152 valence electrons. The number of anilines is 2. The highest BCUT2D eigenvalue weighted by Crippen LogP contribution is 2.19. The van der Waals surface area contributed by atoms with Gasteiger partial charge < -0.3 is 11.1 Å². The molecular formula is C21H19FN6O2. The van der Waals surface area contributed by atoms with E-state index in [0.717, 1.165) is 11.8 Å². The lowest BCUT2D eigenvalue weighted by Crippen LogP contribution is -2.21. The molecule has 1 amide bonds. The molecule has 0 aliphatic carbocycles. The van der Waals surface area contributed by atoms with E-state index in [1.807, 2.05) is 30.3 Å². The number of amides is 1. The van der Waals surface area contributed by atoms with Gasteiger partial charge in [0.1, 0.15) is 11.2 Å². The van der Waals surface area contributed by atoms with Crippen LogP contribution in [-0.4, -0.2) is 25.2 Å². The molecule has 3 N–H and O–H groups in total. The summed E-state index contributed by atoms with van der Waals surface area (Å²) in [4.78, 5) is 29.2. The first kappa shape index (κ1) is 19.3. The lowest BCUT2D eigenvalue weighted by molar-refractivity contribution is -0.116. The Morgan fingerprint density at radius 2 is 1.97 bits per heavy atom. The molecular weight excluding hydrogens is 387 g/mol. The molecule has 0 atom stereocenters. The first-order valence-corrected chi connectivity index (χ1v) is 9.36. The van der Waals surface area contributed by atoms with Gasteiger partial charge in [-0.3, -0.25) is 14.2 Å². The summed E-state index contributed by atoms with van der Waals surface area (Å²) in [5.74, 6) is -0.740. The largest absolute Gasteiger partial charge is 0.397 e. The first-order chi connectivity index (χ1) is 14.5. The third-order valence-corrected chi connectivity index (χ3v) is 4.65. The number of halogens is 1. The van der Waals surface area contributed by atoms with Crippen molar-refractivity contribution in [1.82, 2.24) is 19.3 Å². The zero-order chi connectivity index (χ0) is 21.1. The van der Waals surface area contributed by atoms with Crippen LogP contribution in [0.3, 0.4) is 0 Å². The number of nitrogens with zero attached hydrogens (tertiary/aromatic N) is 4. The lowest BCUT2D eigenvalue weighted by atomic mass is 10.2. The van der Waals surface area contributed by atoms with Gasteiger partial charge in [-0.1, -0.05) is 18.2 Å². The summed E-state index contributed by atoms with van der Waals surface area (Å²) < 4.78 is 16.2. The van der Waals surface area contributed by atoms with Gasteiger partial charge in [-0.25, -0.2) is 14.1 Å². The topological polar surface area (TPSA) is 108 Å². The number of hydrogen-bond donors (Lipinski definition) is 2. The van der Waals surface area contributed by atoms with E-state index >= 15 is 0 Å². The second kappa shape index (κ2) is 8.16. The van der Waals surface area contributed by atoms with Crippen LogP contribution in [0.5, 0.6) is 0 Å². The Morgan fingerprint density at radius 3 is 2.73 bits per heavy atom. The van der Waals surface area contributed by atoms with E-state index in [9.17, 15) is 14.0 Å². The van der Waals surface area contributed by atoms with Gasteiger partial charge in [0.05, 0.1) is 29.6 Å². The highest BCUT2D eigenvalue weighted by atomic mass is 19.1. The summed E-state index contributed by atoms with van der Waals surface area (Å²) in [7, 11) is 0. The average Bonchev–Trinajstić information content (AvgIpc) is 3.17. The van der Waals surface area contributed by atoms with Gasteiger partial charge in [-0.15, -0.1) is 0 Å². The zero-order valence-electron chi connectivity index (χ0n) is 16.0. The first-order valence-electron chi connectivity index (χ1n) is 9.36. The van der Waals surface area contributed by atoms with Crippen molar-refractivity contribution >= 4 is 28.3 Å². The number of nitrogens with two attached hydrogens (primary N) is 1. The molecule has 0 bridgehead atoms. The van der Waals surface area contributed by atoms with E-state index < -0.39 is 5.82 Å². The third kappa shape index (κ3) is 3.90. The summed E-state index contributed by atoms with van der Waals surface area (Å²) in [5.41, 5.74) is 7.28. The van der Waals surface area contributed by atoms with Crippen molar-refractivity contribution in [2.75, 3.05) is 11.1 Å². The van der Waals surface area contributed by atoms with Crippen LogP contribution in [0.1, 0.15) is 12.8 Å². The Labute approximate surface area is 170 Å². The molecule has 2 heterocycles. The van der Waals surface area contributed by atoms with E-state index in [1.165, 1.54) is 29.2 Å². The van der Waals surface area contributed by atoms with Crippen LogP contribution in [0, 0.1) is 5.82 Å². The van der Waals surface area contributed by atoms with Crippen LogP contribution >= 0.6 is 0 Å². The van der Waals surface area contributed by atoms with Gasteiger partial charge in [0.25, 0.3) is 5.56 Å². The molecule has 0 aliphatic heterocycles. The molecule has 4 aromatic rings. The SMILES string of the molecule is Nc1cc(F)ccc1NC(=O)CCCn1cnc2c(cnn2-c2ccccc2)c1=O. The van der Waals surface area contributed by atoms with Crippen molar-refractivity contribution < 1.29 is 9.18 Å². The van der Waals surface area contributed by atoms with Crippen LogP contribution in [0.2, 0.25) is 0 Å². The van der Waals surface area contributed by atoms with Crippen molar-refractivity contribution in [1.29, 1.82) is 0 Å². The number of benzene rings is 2. The fourth-order valence-electron chi connectivity index (χ4n) is 3.14. The number of carbonyl (C=O) groups is 1. The summed E-state index contributed by atoms with van der Waals surface area (Å²) in [6, 6.07) is 13.2. The van der Waals surface area contributed by atoms with Crippen molar-refractivity contribution in [3.8, 4) is 5.69 Å². The molecule has 0 unspecified atom stereocenters. The van der Waals surface area contributed by atoms with E-state index in [2.05, 4.69) is 15.4 Å². The number of aromatic nitrogens is 4. The molecule has 0 spiro atoms.